The lowest BCUT2D eigenvalue weighted by atomic mass is 10.1. The molecule has 0 unspecified atom stereocenters. The Labute approximate surface area is 111 Å². The Kier molecular flexibility index (Phi) is 3.85. The quantitative estimate of drug-likeness (QED) is 0.827. The van der Waals surface area contributed by atoms with Gasteiger partial charge in [0.2, 0.25) is 5.91 Å². The predicted octanol–water partition coefficient (Wildman–Crippen LogP) is 1.41. The molecule has 5 heteroatoms. The molecule has 1 aromatic carbocycles. The molecule has 0 atom stereocenters. The summed E-state index contributed by atoms with van der Waals surface area (Å²) >= 11 is 0. The molecule has 0 aliphatic carbocycles. The molecular formula is C14H16N2O3. The highest BCUT2D eigenvalue weighted by atomic mass is 16.6. The largest absolute Gasteiger partial charge is 0.417 e. The summed E-state index contributed by atoms with van der Waals surface area (Å²) in [5.41, 5.74) is 1.47. The Bertz CT molecular complexity index is 616. The van der Waals surface area contributed by atoms with Gasteiger partial charge in [-0.3, -0.25) is 9.59 Å². The van der Waals surface area contributed by atoms with Crippen molar-refractivity contribution in [3.8, 4) is 0 Å². The van der Waals surface area contributed by atoms with Gasteiger partial charge in [0.05, 0.1) is 11.7 Å². The molecule has 1 N–H and O–H groups in total. The minimum atomic E-state index is -0.132. The van der Waals surface area contributed by atoms with Gasteiger partial charge >= 0.3 is 0 Å². The van der Waals surface area contributed by atoms with Gasteiger partial charge in [0, 0.05) is 30.8 Å². The first kappa shape index (κ1) is 13.1. The summed E-state index contributed by atoms with van der Waals surface area (Å²) in [6.07, 6.45) is 1.96. The van der Waals surface area contributed by atoms with Crippen LogP contribution in [0.5, 0.6) is 0 Å². The fraction of sp³-hybridized carbons (Fsp3) is 0.286. The van der Waals surface area contributed by atoms with E-state index in [2.05, 4.69) is 5.32 Å². The maximum absolute atomic E-state index is 12.1. The molecule has 0 radical (unpaired) electrons. The molecule has 1 heterocycles. The lowest BCUT2D eigenvalue weighted by Crippen LogP contribution is -2.23. The first-order valence-corrected chi connectivity index (χ1v) is 6.05. The van der Waals surface area contributed by atoms with Crippen LogP contribution in [-0.2, 0) is 4.79 Å². The van der Waals surface area contributed by atoms with Crippen molar-refractivity contribution in [2.45, 2.75) is 13.3 Å². The lowest BCUT2D eigenvalue weighted by molar-refractivity contribution is -0.118. The summed E-state index contributed by atoms with van der Waals surface area (Å²) in [6.45, 7) is 1.78. The first-order chi connectivity index (χ1) is 9.13. The fourth-order valence-electron chi connectivity index (χ4n) is 2.01. The molecule has 0 saturated carbocycles. The number of hydrogen-bond acceptors (Lipinski definition) is 3. The number of rotatable bonds is 5. The second-order valence-electron chi connectivity index (χ2n) is 4.22. The molecule has 5 nitrogen and oxygen atoms in total. The summed E-state index contributed by atoms with van der Waals surface area (Å²) in [5, 5.41) is 3.48. The van der Waals surface area contributed by atoms with Gasteiger partial charge in [0.15, 0.2) is 5.78 Å². The molecule has 0 spiro atoms. The van der Waals surface area contributed by atoms with E-state index in [-0.39, 0.29) is 18.1 Å². The van der Waals surface area contributed by atoms with Crippen molar-refractivity contribution >= 4 is 22.6 Å². The summed E-state index contributed by atoms with van der Waals surface area (Å²) in [5.74, 6) is -0.145. The molecular weight excluding hydrogens is 244 g/mol. The van der Waals surface area contributed by atoms with Crippen LogP contribution in [-0.4, -0.2) is 30.1 Å². The van der Waals surface area contributed by atoms with E-state index in [1.54, 1.807) is 18.0 Å². The highest BCUT2D eigenvalue weighted by molar-refractivity contribution is 6.08. The van der Waals surface area contributed by atoms with Crippen LogP contribution in [0.2, 0.25) is 0 Å². The average molecular weight is 260 g/mol. The smallest absolute Gasteiger partial charge is 0.216 e. The number of Topliss-reactive ketones (excluding diaryl/α,β-unsaturated/α-hetero) is 1. The lowest BCUT2D eigenvalue weighted by Gasteiger charge is -2.00. The van der Waals surface area contributed by atoms with Crippen molar-refractivity contribution in [2.75, 3.05) is 13.7 Å². The van der Waals surface area contributed by atoms with E-state index < -0.39 is 0 Å². The van der Waals surface area contributed by atoms with Crippen LogP contribution < -0.4 is 10.2 Å². The minimum absolute atomic E-state index is 0.0132. The van der Waals surface area contributed by atoms with Gasteiger partial charge in [0.1, 0.15) is 7.11 Å². The van der Waals surface area contributed by atoms with Gasteiger partial charge in [0.25, 0.3) is 0 Å². The van der Waals surface area contributed by atoms with E-state index >= 15 is 0 Å². The summed E-state index contributed by atoms with van der Waals surface area (Å²) in [7, 11) is 1.55. The highest BCUT2D eigenvalue weighted by Gasteiger charge is 2.14. The maximum atomic E-state index is 12.1. The summed E-state index contributed by atoms with van der Waals surface area (Å²) in [4.78, 5) is 28.1. The van der Waals surface area contributed by atoms with E-state index in [1.807, 2.05) is 24.3 Å². The second-order valence-corrected chi connectivity index (χ2v) is 4.22. The van der Waals surface area contributed by atoms with Gasteiger partial charge in [-0.2, -0.15) is 4.73 Å². The normalized spacial score (nSPS) is 10.4. The number of carbonyl (C=O) groups is 2. The van der Waals surface area contributed by atoms with Crippen LogP contribution in [0.25, 0.3) is 10.9 Å². The maximum Gasteiger partial charge on any atom is 0.216 e. The van der Waals surface area contributed by atoms with Crippen LogP contribution in [0, 0.1) is 0 Å². The number of para-hydroxylation sites is 1. The SMILES string of the molecule is COn1cc(C(=O)CCNC(C)=O)c2ccccc21. The van der Waals surface area contributed by atoms with Crippen molar-refractivity contribution in [3.05, 3.63) is 36.0 Å². The van der Waals surface area contributed by atoms with Crippen LogP contribution in [0.15, 0.2) is 30.5 Å². The monoisotopic (exact) mass is 260 g/mol. The molecule has 0 aliphatic rings. The third kappa shape index (κ3) is 2.76. The van der Waals surface area contributed by atoms with Crippen LogP contribution >= 0.6 is 0 Å². The Morgan fingerprint density at radius 1 is 1.32 bits per heavy atom. The van der Waals surface area contributed by atoms with E-state index in [4.69, 9.17) is 4.84 Å². The predicted molar refractivity (Wildman–Crippen MR) is 72.1 cm³/mol. The number of benzene rings is 1. The molecule has 0 aliphatic heterocycles. The van der Waals surface area contributed by atoms with E-state index in [9.17, 15) is 9.59 Å². The molecule has 0 saturated heterocycles. The fourth-order valence-corrected chi connectivity index (χ4v) is 2.01. The van der Waals surface area contributed by atoms with Gasteiger partial charge in [-0.05, 0) is 6.07 Å². The average Bonchev–Trinajstić information content (AvgIpc) is 2.77. The Morgan fingerprint density at radius 3 is 2.74 bits per heavy atom. The third-order valence-corrected chi connectivity index (χ3v) is 2.90. The molecule has 0 bridgehead atoms. The van der Waals surface area contributed by atoms with Crippen molar-refractivity contribution in [3.63, 3.8) is 0 Å². The van der Waals surface area contributed by atoms with Gasteiger partial charge < -0.3 is 10.2 Å². The molecule has 2 aromatic rings. The standard InChI is InChI=1S/C14H16N2O3/c1-10(17)15-8-7-14(18)12-9-16(19-2)13-6-4-3-5-11(12)13/h3-6,9H,7-8H2,1-2H3,(H,15,17). The summed E-state index contributed by atoms with van der Waals surface area (Å²) < 4.78 is 1.57. The van der Waals surface area contributed by atoms with Crippen molar-refractivity contribution < 1.29 is 14.4 Å². The van der Waals surface area contributed by atoms with Gasteiger partial charge in [-0.1, -0.05) is 18.2 Å². The second kappa shape index (κ2) is 5.56. The zero-order chi connectivity index (χ0) is 13.8. The third-order valence-electron chi connectivity index (χ3n) is 2.90. The van der Waals surface area contributed by atoms with Crippen molar-refractivity contribution in [2.24, 2.45) is 0 Å². The van der Waals surface area contributed by atoms with Crippen LogP contribution in [0.3, 0.4) is 0 Å². The number of hydrogen-bond donors (Lipinski definition) is 1. The molecule has 1 aromatic heterocycles. The number of amides is 1. The molecule has 1 amide bonds. The van der Waals surface area contributed by atoms with E-state index in [0.717, 1.165) is 10.9 Å². The number of carbonyl (C=O) groups excluding carboxylic acids is 2. The van der Waals surface area contributed by atoms with Crippen LogP contribution in [0.1, 0.15) is 23.7 Å². The number of nitrogens with one attached hydrogen (secondary N) is 1. The molecule has 2 rings (SSSR count). The zero-order valence-electron chi connectivity index (χ0n) is 11.0. The molecule has 19 heavy (non-hydrogen) atoms. The van der Waals surface area contributed by atoms with Crippen molar-refractivity contribution in [1.82, 2.24) is 10.0 Å². The Balaban J connectivity index is 2.24. The Hall–Kier alpha value is -2.30. The van der Waals surface area contributed by atoms with Crippen molar-refractivity contribution in [1.29, 1.82) is 0 Å². The first-order valence-electron chi connectivity index (χ1n) is 6.05. The van der Waals surface area contributed by atoms with E-state index in [0.29, 0.717) is 12.1 Å². The molecule has 0 fully saturated rings. The highest BCUT2D eigenvalue weighted by Crippen LogP contribution is 2.21. The molecule has 100 valence electrons. The van der Waals surface area contributed by atoms with Crippen LogP contribution in [0.4, 0.5) is 0 Å². The summed E-state index contributed by atoms with van der Waals surface area (Å²) in [6, 6.07) is 7.55. The number of nitrogens with zero attached hydrogens (tertiary/aromatic N) is 1. The Morgan fingerprint density at radius 2 is 2.05 bits per heavy atom. The topological polar surface area (TPSA) is 60.3 Å². The van der Waals surface area contributed by atoms with Gasteiger partial charge in [-0.25, -0.2) is 0 Å². The number of fused-ring (bicyclic) bond motifs is 1. The van der Waals surface area contributed by atoms with E-state index in [1.165, 1.54) is 6.92 Å². The number of aromatic nitrogens is 1. The zero-order valence-corrected chi connectivity index (χ0v) is 11.0. The minimum Gasteiger partial charge on any atom is -0.417 e. The van der Waals surface area contributed by atoms with Gasteiger partial charge in [-0.15, -0.1) is 0 Å². The number of ketones is 1.